The summed E-state index contributed by atoms with van der Waals surface area (Å²) in [5.41, 5.74) is 2.27. The molecule has 1 N–H and O–H groups in total. The number of carbonyl (C=O) groups is 1. The first-order valence-electron chi connectivity index (χ1n) is 6.84. The number of aromatic nitrogens is 3. The molecule has 0 aromatic carbocycles. The number of nitrogens with zero attached hydrogens (tertiary/aromatic N) is 3. The summed E-state index contributed by atoms with van der Waals surface area (Å²) in [5, 5.41) is 2.80. The predicted octanol–water partition coefficient (Wildman–Crippen LogP) is 2.15. The Morgan fingerprint density at radius 3 is 2.41 bits per heavy atom. The molecule has 0 radical (unpaired) electrons. The molecule has 0 fully saturated rings. The summed E-state index contributed by atoms with van der Waals surface area (Å²) in [4.78, 5) is 24.6. The molecule has 116 valence electrons. The number of anilines is 1. The summed E-state index contributed by atoms with van der Waals surface area (Å²) in [6.07, 6.45) is 1.47. The zero-order valence-electron chi connectivity index (χ0n) is 13.0. The molecule has 7 heteroatoms. The molecule has 2 aromatic heterocycles. The van der Waals surface area contributed by atoms with E-state index in [4.69, 9.17) is 9.47 Å². The van der Waals surface area contributed by atoms with E-state index in [1.165, 1.54) is 13.3 Å². The topological polar surface area (TPSA) is 86.2 Å². The van der Waals surface area contributed by atoms with Gasteiger partial charge in [-0.15, -0.1) is 0 Å². The minimum atomic E-state index is -0.282. The Bertz CT molecular complexity index is 648. The van der Waals surface area contributed by atoms with Crippen LogP contribution in [0.3, 0.4) is 0 Å². The molecule has 0 unspecified atom stereocenters. The number of methoxy groups -OCH3 is 1. The maximum absolute atomic E-state index is 12.3. The number of aryl methyl sites for hydroxylation is 2. The fourth-order valence-corrected chi connectivity index (χ4v) is 1.89. The van der Waals surface area contributed by atoms with Crippen molar-refractivity contribution in [2.24, 2.45) is 0 Å². The number of pyridine rings is 1. The highest BCUT2D eigenvalue weighted by molar-refractivity contribution is 6.04. The van der Waals surface area contributed by atoms with E-state index in [9.17, 15) is 4.79 Å². The number of rotatable bonds is 5. The van der Waals surface area contributed by atoms with Crippen molar-refractivity contribution in [1.29, 1.82) is 0 Å². The fraction of sp³-hybridized carbons (Fsp3) is 0.333. The highest BCUT2D eigenvalue weighted by Crippen LogP contribution is 2.20. The minimum absolute atomic E-state index is 0.274. The zero-order chi connectivity index (χ0) is 16.1. The van der Waals surface area contributed by atoms with Gasteiger partial charge in [-0.25, -0.2) is 4.98 Å². The Balaban J connectivity index is 2.18. The van der Waals surface area contributed by atoms with Gasteiger partial charge >= 0.3 is 6.01 Å². The number of hydrogen-bond donors (Lipinski definition) is 1. The zero-order valence-corrected chi connectivity index (χ0v) is 13.0. The summed E-state index contributed by atoms with van der Waals surface area (Å²) in [6, 6.07) is 3.58. The van der Waals surface area contributed by atoms with Gasteiger partial charge in [0.15, 0.2) is 0 Å². The van der Waals surface area contributed by atoms with Crippen LogP contribution in [0.2, 0.25) is 0 Å². The van der Waals surface area contributed by atoms with E-state index < -0.39 is 0 Å². The van der Waals surface area contributed by atoms with Crippen LogP contribution in [0.15, 0.2) is 18.3 Å². The molecular formula is C15H18N4O3. The molecule has 0 saturated carbocycles. The Morgan fingerprint density at radius 1 is 1.23 bits per heavy atom. The second-order valence-corrected chi connectivity index (χ2v) is 4.53. The first kappa shape index (κ1) is 15.7. The standard InChI is InChI=1S/C15H18N4O3/c1-5-22-12-7-6-11(8-16-12)14(20)19-13-9(2)17-15(21-4)18-10(13)3/h6-8H,5H2,1-4H3,(H,19,20). The second kappa shape index (κ2) is 6.84. The average molecular weight is 302 g/mol. The van der Waals surface area contributed by atoms with Gasteiger partial charge in [0, 0.05) is 12.3 Å². The first-order chi connectivity index (χ1) is 10.5. The van der Waals surface area contributed by atoms with E-state index in [0.29, 0.717) is 35.1 Å². The van der Waals surface area contributed by atoms with Gasteiger partial charge in [0.1, 0.15) is 0 Å². The smallest absolute Gasteiger partial charge is 0.316 e. The van der Waals surface area contributed by atoms with Crippen LogP contribution >= 0.6 is 0 Å². The molecule has 22 heavy (non-hydrogen) atoms. The highest BCUT2D eigenvalue weighted by Gasteiger charge is 2.13. The lowest BCUT2D eigenvalue weighted by Crippen LogP contribution is -2.15. The van der Waals surface area contributed by atoms with Crippen LogP contribution in [-0.4, -0.2) is 34.6 Å². The van der Waals surface area contributed by atoms with E-state index in [1.807, 2.05) is 6.92 Å². The lowest BCUT2D eigenvalue weighted by molar-refractivity contribution is 0.102. The molecule has 2 rings (SSSR count). The molecule has 7 nitrogen and oxygen atoms in total. The van der Waals surface area contributed by atoms with E-state index >= 15 is 0 Å². The number of carbonyl (C=O) groups excluding carboxylic acids is 1. The molecular weight excluding hydrogens is 284 g/mol. The van der Waals surface area contributed by atoms with Crippen molar-refractivity contribution >= 4 is 11.6 Å². The SMILES string of the molecule is CCOc1ccc(C(=O)Nc2c(C)nc(OC)nc2C)cn1. The third-order valence-corrected chi connectivity index (χ3v) is 2.96. The van der Waals surface area contributed by atoms with E-state index in [2.05, 4.69) is 20.3 Å². The Labute approximate surface area is 128 Å². The summed E-state index contributed by atoms with van der Waals surface area (Å²) in [5.74, 6) is 0.203. The Hall–Kier alpha value is -2.70. The van der Waals surface area contributed by atoms with Crippen LogP contribution in [0, 0.1) is 13.8 Å². The molecule has 2 aromatic rings. The maximum atomic E-state index is 12.3. The fourth-order valence-electron chi connectivity index (χ4n) is 1.89. The van der Waals surface area contributed by atoms with Crippen molar-refractivity contribution in [3.8, 4) is 11.9 Å². The van der Waals surface area contributed by atoms with Crippen LogP contribution in [0.25, 0.3) is 0 Å². The normalized spacial score (nSPS) is 10.2. The van der Waals surface area contributed by atoms with Gasteiger partial charge in [-0.1, -0.05) is 0 Å². The van der Waals surface area contributed by atoms with Gasteiger partial charge in [-0.2, -0.15) is 9.97 Å². The van der Waals surface area contributed by atoms with Crippen LogP contribution in [0.5, 0.6) is 11.9 Å². The summed E-state index contributed by atoms with van der Waals surface area (Å²) < 4.78 is 10.2. The Kier molecular flexibility index (Phi) is 4.88. The molecule has 0 aliphatic carbocycles. The second-order valence-electron chi connectivity index (χ2n) is 4.53. The number of ether oxygens (including phenoxy) is 2. The molecule has 0 atom stereocenters. The van der Waals surface area contributed by atoms with Crippen molar-refractivity contribution in [2.45, 2.75) is 20.8 Å². The third-order valence-electron chi connectivity index (χ3n) is 2.96. The summed E-state index contributed by atoms with van der Waals surface area (Å²) >= 11 is 0. The summed E-state index contributed by atoms with van der Waals surface area (Å²) in [6.45, 7) is 5.96. The van der Waals surface area contributed by atoms with Crippen molar-refractivity contribution in [2.75, 3.05) is 19.0 Å². The molecule has 0 aliphatic rings. The van der Waals surface area contributed by atoms with Gasteiger partial charge in [0.2, 0.25) is 5.88 Å². The average Bonchev–Trinajstić information content (AvgIpc) is 2.51. The number of amides is 1. The first-order valence-corrected chi connectivity index (χ1v) is 6.84. The third kappa shape index (κ3) is 3.49. The largest absolute Gasteiger partial charge is 0.478 e. The summed E-state index contributed by atoms with van der Waals surface area (Å²) in [7, 11) is 1.50. The van der Waals surface area contributed by atoms with Gasteiger partial charge in [-0.05, 0) is 26.8 Å². The van der Waals surface area contributed by atoms with Crippen molar-refractivity contribution in [3.05, 3.63) is 35.3 Å². The van der Waals surface area contributed by atoms with E-state index in [1.54, 1.807) is 26.0 Å². The van der Waals surface area contributed by atoms with Crippen molar-refractivity contribution in [3.63, 3.8) is 0 Å². The van der Waals surface area contributed by atoms with Crippen LogP contribution in [0.4, 0.5) is 5.69 Å². The van der Waals surface area contributed by atoms with Crippen LogP contribution < -0.4 is 14.8 Å². The van der Waals surface area contributed by atoms with Gasteiger partial charge in [-0.3, -0.25) is 4.79 Å². The van der Waals surface area contributed by atoms with Crippen molar-refractivity contribution < 1.29 is 14.3 Å². The van der Waals surface area contributed by atoms with Crippen LogP contribution in [-0.2, 0) is 0 Å². The quantitative estimate of drug-likeness (QED) is 0.910. The molecule has 0 saturated heterocycles. The maximum Gasteiger partial charge on any atom is 0.316 e. The Morgan fingerprint density at radius 2 is 1.91 bits per heavy atom. The molecule has 0 spiro atoms. The monoisotopic (exact) mass is 302 g/mol. The van der Waals surface area contributed by atoms with Gasteiger partial charge < -0.3 is 14.8 Å². The lowest BCUT2D eigenvalue weighted by atomic mass is 10.2. The lowest BCUT2D eigenvalue weighted by Gasteiger charge is -2.11. The van der Waals surface area contributed by atoms with Crippen molar-refractivity contribution in [1.82, 2.24) is 15.0 Å². The molecule has 0 bridgehead atoms. The molecule has 2 heterocycles. The highest BCUT2D eigenvalue weighted by atomic mass is 16.5. The minimum Gasteiger partial charge on any atom is -0.478 e. The molecule has 1 amide bonds. The van der Waals surface area contributed by atoms with E-state index in [-0.39, 0.29) is 11.9 Å². The van der Waals surface area contributed by atoms with Gasteiger partial charge in [0.25, 0.3) is 5.91 Å². The molecule has 0 aliphatic heterocycles. The predicted molar refractivity (Wildman–Crippen MR) is 81.4 cm³/mol. The number of hydrogen-bond acceptors (Lipinski definition) is 6. The van der Waals surface area contributed by atoms with Gasteiger partial charge in [0.05, 0.1) is 36.4 Å². The van der Waals surface area contributed by atoms with E-state index in [0.717, 1.165) is 0 Å². The van der Waals surface area contributed by atoms with Crippen LogP contribution in [0.1, 0.15) is 28.7 Å². The number of nitrogens with one attached hydrogen (secondary N) is 1.